The summed E-state index contributed by atoms with van der Waals surface area (Å²) in [6, 6.07) is 8.46. The van der Waals surface area contributed by atoms with Gasteiger partial charge < -0.3 is 5.73 Å². The second-order valence-electron chi connectivity index (χ2n) is 5.29. The van der Waals surface area contributed by atoms with Crippen LogP contribution >= 0.6 is 15.9 Å². The molecule has 2 N–H and O–H groups in total. The minimum absolute atomic E-state index is 0.139. The van der Waals surface area contributed by atoms with Gasteiger partial charge in [-0.3, -0.25) is 0 Å². The van der Waals surface area contributed by atoms with Crippen molar-refractivity contribution in [3.8, 4) is 5.69 Å². The predicted molar refractivity (Wildman–Crippen MR) is 82.7 cm³/mol. The SMILES string of the molecule is CC(N)Cc1ccc(Br)cc1-n1ccc(C(C)C)n1. The highest BCUT2D eigenvalue weighted by Crippen LogP contribution is 2.22. The third kappa shape index (κ3) is 3.45. The van der Waals surface area contributed by atoms with Crippen molar-refractivity contribution < 1.29 is 0 Å². The minimum atomic E-state index is 0.139. The lowest BCUT2D eigenvalue weighted by atomic mass is 10.1. The number of halogens is 1. The molecule has 1 aromatic heterocycles. The smallest absolute Gasteiger partial charge is 0.0689 e. The summed E-state index contributed by atoms with van der Waals surface area (Å²) >= 11 is 3.52. The quantitative estimate of drug-likeness (QED) is 0.934. The van der Waals surface area contributed by atoms with Crippen LogP contribution in [0.1, 0.15) is 37.9 Å². The molecule has 3 nitrogen and oxygen atoms in total. The van der Waals surface area contributed by atoms with Crippen LogP contribution in [0.15, 0.2) is 34.9 Å². The highest BCUT2D eigenvalue weighted by atomic mass is 79.9. The molecule has 1 heterocycles. The fourth-order valence-electron chi connectivity index (χ4n) is 2.05. The maximum Gasteiger partial charge on any atom is 0.0689 e. The Hall–Kier alpha value is -1.13. The van der Waals surface area contributed by atoms with E-state index in [1.807, 2.05) is 23.9 Å². The molecule has 1 aromatic carbocycles. The molecule has 0 aliphatic heterocycles. The van der Waals surface area contributed by atoms with E-state index in [0.29, 0.717) is 5.92 Å². The van der Waals surface area contributed by atoms with E-state index in [2.05, 4.69) is 53.1 Å². The van der Waals surface area contributed by atoms with Gasteiger partial charge in [-0.1, -0.05) is 35.8 Å². The van der Waals surface area contributed by atoms with Gasteiger partial charge >= 0.3 is 0 Å². The van der Waals surface area contributed by atoms with Crippen LogP contribution in [0.3, 0.4) is 0 Å². The van der Waals surface area contributed by atoms with Gasteiger partial charge in [0.25, 0.3) is 0 Å². The van der Waals surface area contributed by atoms with Crippen LogP contribution in [0, 0.1) is 0 Å². The van der Waals surface area contributed by atoms with E-state index in [1.54, 1.807) is 0 Å². The summed E-state index contributed by atoms with van der Waals surface area (Å²) in [6.07, 6.45) is 2.86. The molecule has 0 bridgehead atoms. The first kappa shape index (κ1) is 14.3. The van der Waals surface area contributed by atoms with E-state index < -0.39 is 0 Å². The van der Waals surface area contributed by atoms with Crippen molar-refractivity contribution in [1.29, 1.82) is 0 Å². The van der Waals surface area contributed by atoms with E-state index in [4.69, 9.17) is 5.73 Å². The van der Waals surface area contributed by atoms with Crippen molar-refractivity contribution >= 4 is 15.9 Å². The maximum absolute atomic E-state index is 5.92. The van der Waals surface area contributed by atoms with E-state index in [9.17, 15) is 0 Å². The first-order valence-corrected chi connectivity index (χ1v) is 7.36. The second-order valence-corrected chi connectivity index (χ2v) is 6.21. The van der Waals surface area contributed by atoms with Gasteiger partial charge in [-0.2, -0.15) is 5.10 Å². The van der Waals surface area contributed by atoms with Crippen LogP contribution in [-0.4, -0.2) is 15.8 Å². The third-order valence-corrected chi connectivity index (χ3v) is 3.53. The molecule has 0 aliphatic rings. The van der Waals surface area contributed by atoms with E-state index in [0.717, 1.165) is 22.3 Å². The summed E-state index contributed by atoms with van der Waals surface area (Å²) in [5.41, 5.74) is 9.34. The number of nitrogens with zero attached hydrogens (tertiary/aromatic N) is 2. The zero-order valence-electron chi connectivity index (χ0n) is 11.6. The zero-order valence-corrected chi connectivity index (χ0v) is 13.2. The van der Waals surface area contributed by atoms with Gasteiger partial charge in [0.15, 0.2) is 0 Å². The topological polar surface area (TPSA) is 43.8 Å². The molecule has 2 rings (SSSR count). The largest absolute Gasteiger partial charge is 0.328 e. The third-order valence-electron chi connectivity index (χ3n) is 3.04. The fourth-order valence-corrected chi connectivity index (χ4v) is 2.40. The normalized spacial score (nSPS) is 12.9. The molecule has 0 radical (unpaired) electrons. The number of hydrogen-bond donors (Lipinski definition) is 1. The Morgan fingerprint density at radius 3 is 2.58 bits per heavy atom. The average Bonchev–Trinajstić information content (AvgIpc) is 2.80. The molecule has 0 saturated carbocycles. The number of rotatable bonds is 4. The van der Waals surface area contributed by atoms with Gasteiger partial charge in [0.1, 0.15) is 0 Å². The van der Waals surface area contributed by atoms with E-state index in [1.165, 1.54) is 5.56 Å². The molecule has 102 valence electrons. The van der Waals surface area contributed by atoms with Crippen molar-refractivity contribution in [2.45, 2.75) is 39.2 Å². The number of aromatic nitrogens is 2. The van der Waals surface area contributed by atoms with Crippen molar-refractivity contribution in [3.05, 3.63) is 46.2 Å². The van der Waals surface area contributed by atoms with Gasteiger partial charge in [0, 0.05) is 16.7 Å². The number of benzene rings is 1. The van der Waals surface area contributed by atoms with Gasteiger partial charge in [-0.05, 0) is 43.0 Å². The summed E-state index contributed by atoms with van der Waals surface area (Å²) in [5, 5.41) is 4.64. The molecule has 0 spiro atoms. The van der Waals surface area contributed by atoms with Gasteiger partial charge in [-0.15, -0.1) is 0 Å². The summed E-state index contributed by atoms with van der Waals surface area (Å²) in [7, 11) is 0. The highest BCUT2D eigenvalue weighted by molar-refractivity contribution is 9.10. The first-order chi connectivity index (χ1) is 8.97. The summed E-state index contributed by atoms with van der Waals surface area (Å²) < 4.78 is 3.00. The Kier molecular flexibility index (Phi) is 4.42. The molecule has 0 fully saturated rings. The van der Waals surface area contributed by atoms with Crippen LogP contribution < -0.4 is 5.73 Å². The summed E-state index contributed by atoms with van der Waals surface area (Å²) in [5.74, 6) is 0.435. The Labute approximate surface area is 122 Å². The number of nitrogens with two attached hydrogens (primary N) is 1. The fraction of sp³-hybridized carbons (Fsp3) is 0.400. The van der Waals surface area contributed by atoms with Crippen molar-refractivity contribution in [2.75, 3.05) is 0 Å². The molecular formula is C15H20BrN3. The van der Waals surface area contributed by atoms with Crippen molar-refractivity contribution in [2.24, 2.45) is 5.73 Å². The summed E-state index contributed by atoms with van der Waals surface area (Å²) in [6.45, 7) is 6.32. The van der Waals surface area contributed by atoms with Crippen LogP contribution in [-0.2, 0) is 6.42 Å². The van der Waals surface area contributed by atoms with E-state index >= 15 is 0 Å². The Bertz CT molecular complexity index is 558. The summed E-state index contributed by atoms with van der Waals surface area (Å²) in [4.78, 5) is 0. The van der Waals surface area contributed by atoms with Crippen molar-refractivity contribution in [3.63, 3.8) is 0 Å². The molecule has 2 aromatic rings. The lowest BCUT2D eigenvalue weighted by Gasteiger charge is -2.12. The van der Waals surface area contributed by atoms with Crippen LogP contribution in [0.4, 0.5) is 0 Å². The molecule has 1 atom stereocenters. The Morgan fingerprint density at radius 1 is 1.26 bits per heavy atom. The number of hydrogen-bond acceptors (Lipinski definition) is 2. The average molecular weight is 322 g/mol. The highest BCUT2D eigenvalue weighted by Gasteiger charge is 2.10. The maximum atomic E-state index is 5.92. The molecule has 0 saturated heterocycles. The predicted octanol–water partition coefficient (Wildman–Crippen LogP) is 3.65. The van der Waals surface area contributed by atoms with Gasteiger partial charge in [0.2, 0.25) is 0 Å². The van der Waals surface area contributed by atoms with Crippen LogP contribution in [0.5, 0.6) is 0 Å². The van der Waals surface area contributed by atoms with Crippen molar-refractivity contribution in [1.82, 2.24) is 9.78 Å². The van der Waals surface area contributed by atoms with Gasteiger partial charge in [-0.25, -0.2) is 4.68 Å². The van der Waals surface area contributed by atoms with Gasteiger partial charge in [0.05, 0.1) is 11.4 Å². The standard InChI is InChI=1S/C15H20BrN3/c1-10(2)14-6-7-19(18-14)15-9-13(16)5-4-12(15)8-11(3)17/h4-7,9-11H,8,17H2,1-3H3. The molecule has 4 heteroatoms. The Morgan fingerprint density at radius 2 is 2.00 bits per heavy atom. The van der Waals surface area contributed by atoms with E-state index in [-0.39, 0.29) is 6.04 Å². The monoisotopic (exact) mass is 321 g/mol. The molecular weight excluding hydrogens is 302 g/mol. The molecule has 0 aliphatic carbocycles. The first-order valence-electron chi connectivity index (χ1n) is 6.57. The zero-order chi connectivity index (χ0) is 14.0. The van der Waals surface area contributed by atoms with Crippen LogP contribution in [0.25, 0.3) is 5.69 Å². The lowest BCUT2D eigenvalue weighted by Crippen LogP contribution is -2.19. The lowest BCUT2D eigenvalue weighted by molar-refractivity contribution is 0.720. The Balaban J connectivity index is 2.43. The molecule has 19 heavy (non-hydrogen) atoms. The minimum Gasteiger partial charge on any atom is -0.328 e. The molecule has 0 amide bonds. The van der Waals surface area contributed by atoms with Crippen LogP contribution in [0.2, 0.25) is 0 Å². The molecule has 1 unspecified atom stereocenters. The second kappa shape index (κ2) is 5.88.